The molecule has 0 saturated carbocycles. The fourth-order valence-corrected chi connectivity index (χ4v) is 4.46. The lowest BCUT2D eigenvalue weighted by Crippen LogP contribution is -2.40. The van der Waals surface area contributed by atoms with Crippen LogP contribution >= 0.6 is 0 Å². The Morgan fingerprint density at radius 1 is 1.19 bits per heavy atom. The second-order valence-electron chi connectivity index (χ2n) is 10.2. The molecule has 0 bridgehead atoms. The fraction of sp³-hybridized carbons (Fsp3) is 0.565. The van der Waals surface area contributed by atoms with Gasteiger partial charge in [0.25, 0.3) is 11.1 Å². The number of nitrogens with zero attached hydrogens (tertiary/aromatic N) is 3. The van der Waals surface area contributed by atoms with Crippen molar-refractivity contribution in [2.24, 2.45) is 0 Å². The summed E-state index contributed by atoms with van der Waals surface area (Å²) in [7, 11) is 2.26. The maximum absolute atomic E-state index is 12.7. The third kappa shape index (κ3) is 5.19. The van der Waals surface area contributed by atoms with E-state index in [-0.39, 0.29) is 16.2 Å². The van der Waals surface area contributed by atoms with Crippen molar-refractivity contribution in [1.29, 1.82) is 0 Å². The molecule has 0 aliphatic carbocycles. The third-order valence-electron chi connectivity index (χ3n) is 6.76. The number of anilines is 1. The highest BCUT2D eigenvalue weighted by Gasteiger charge is 2.37. The molecule has 0 aromatic carbocycles. The van der Waals surface area contributed by atoms with Gasteiger partial charge in [0, 0.05) is 31.4 Å². The zero-order chi connectivity index (χ0) is 23.0. The van der Waals surface area contributed by atoms with E-state index < -0.39 is 8.32 Å². The molecule has 0 amide bonds. The van der Waals surface area contributed by atoms with E-state index >= 15 is 0 Å². The van der Waals surface area contributed by atoms with Crippen LogP contribution in [0.25, 0.3) is 5.69 Å². The van der Waals surface area contributed by atoms with E-state index in [2.05, 4.69) is 62.7 Å². The van der Waals surface area contributed by atoms with Crippen LogP contribution in [0.2, 0.25) is 18.1 Å². The first kappa shape index (κ1) is 23.5. The average molecular weight is 445 g/mol. The molecular weight excluding hydrogens is 408 g/mol. The van der Waals surface area contributed by atoms with E-state index in [1.807, 2.05) is 12.1 Å². The minimum atomic E-state index is -1.89. The Kier molecular flexibility index (Phi) is 6.64. The van der Waals surface area contributed by atoms with Crippen molar-refractivity contribution < 1.29 is 4.43 Å². The summed E-state index contributed by atoms with van der Waals surface area (Å²) in [5.74, 6) is 0.797. The zero-order valence-corrected chi connectivity index (χ0v) is 20.9. The van der Waals surface area contributed by atoms with Crippen molar-refractivity contribution in [3.8, 4) is 5.69 Å². The van der Waals surface area contributed by atoms with Gasteiger partial charge in [-0.1, -0.05) is 20.8 Å². The number of aromatic nitrogens is 2. The van der Waals surface area contributed by atoms with Crippen LogP contribution in [0.4, 0.5) is 5.82 Å². The summed E-state index contributed by atoms with van der Waals surface area (Å²) < 4.78 is 7.61. The molecule has 0 spiro atoms. The van der Waals surface area contributed by atoms with Gasteiger partial charge < -0.3 is 19.2 Å². The van der Waals surface area contributed by atoms with Crippen LogP contribution in [-0.2, 0) is 11.0 Å². The second kappa shape index (κ2) is 8.76. The Morgan fingerprint density at radius 2 is 1.90 bits per heavy atom. The smallest absolute Gasteiger partial charge is 0.273 e. The van der Waals surface area contributed by atoms with Crippen molar-refractivity contribution >= 4 is 14.1 Å². The highest BCUT2D eigenvalue weighted by molar-refractivity contribution is 6.74. The van der Waals surface area contributed by atoms with E-state index in [0.29, 0.717) is 18.3 Å². The molecule has 0 radical (unpaired) electrons. The summed E-state index contributed by atoms with van der Waals surface area (Å²) in [6.07, 6.45) is 2.73. The highest BCUT2D eigenvalue weighted by atomic mass is 28.4. The molecular formula is C23H36N4O3Si. The maximum Gasteiger partial charge on any atom is 0.273 e. The molecule has 2 aromatic rings. The van der Waals surface area contributed by atoms with E-state index in [1.165, 1.54) is 4.57 Å². The van der Waals surface area contributed by atoms with E-state index in [0.717, 1.165) is 30.9 Å². The number of pyridine rings is 2. The predicted octanol–water partition coefficient (Wildman–Crippen LogP) is 3.19. The predicted molar refractivity (Wildman–Crippen MR) is 129 cm³/mol. The number of H-pyrrole nitrogens is 1. The van der Waals surface area contributed by atoms with Gasteiger partial charge in [-0.15, -0.1) is 0 Å². The molecule has 31 heavy (non-hydrogen) atoms. The molecule has 1 atom stereocenters. The fourth-order valence-electron chi connectivity index (χ4n) is 3.50. The first-order chi connectivity index (χ1) is 14.4. The Hall–Kier alpha value is -2.16. The van der Waals surface area contributed by atoms with Gasteiger partial charge in [-0.05, 0) is 62.4 Å². The molecule has 1 aliphatic heterocycles. The van der Waals surface area contributed by atoms with Gasteiger partial charge in [0.2, 0.25) is 0 Å². The van der Waals surface area contributed by atoms with E-state index in [4.69, 9.17) is 4.43 Å². The van der Waals surface area contributed by atoms with Crippen molar-refractivity contribution in [3.05, 3.63) is 56.7 Å². The van der Waals surface area contributed by atoms with Crippen molar-refractivity contribution in [2.45, 2.75) is 58.0 Å². The average Bonchev–Trinajstić information content (AvgIpc) is 3.17. The molecule has 7 nitrogen and oxygen atoms in total. The van der Waals surface area contributed by atoms with Crippen molar-refractivity contribution in [1.82, 2.24) is 14.5 Å². The molecule has 8 heteroatoms. The SMILES string of the molecule is CN(C)C1CCN(c2ccc(-n3ccc(CO[Si](C)(C)C(C)(C)C)cc3=O)c(=O)[nH]2)C1. The largest absolute Gasteiger partial charge is 0.413 e. The molecule has 1 saturated heterocycles. The summed E-state index contributed by atoms with van der Waals surface area (Å²) in [6, 6.07) is 7.50. The van der Waals surface area contributed by atoms with E-state index in [1.54, 1.807) is 18.3 Å². The van der Waals surface area contributed by atoms with Gasteiger partial charge in [-0.3, -0.25) is 14.2 Å². The lowest BCUT2D eigenvalue weighted by molar-refractivity contribution is 0.276. The van der Waals surface area contributed by atoms with Crippen LogP contribution < -0.4 is 16.0 Å². The number of aromatic amines is 1. The van der Waals surface area contributed by atoms with Gasteiger partial charge in [-0.2, -0.15) is 0 Å². The summed E-state index contributed by atoms with van der Waals surface area (Å²) in [5.41, 5.74) is 0.654. The second-order valence-corrected chi connectivity index (χ2v) is 15.0. The quantitative estimate of drug-likeness (QED) is 0.693. The number of nitrogens with one attached hydrogen (secondary N) is 1. The maximum atomic E-state index is 12.7. The Balaban J connectivity index is 1.76. The van der Waals surface area contributed by atoms with Gasteiger partial charge in [-0.25, -0.2) is 0 Å². The van der Waals surface area contributed by atoms with Crippen molar-refractivity contribution in [2.75, 3.05) is 32.1 Å². The zero-order valence-electron chi connectivity index (χ0n) is 19.9. The molecule has 1 N–H and O–H groups in total. The van der Waals surface area contributed by atoms with E-state index in [9.17, 15) is 9.59 Å². The Labute approximate surface area is 185 Å². The van der Waals surface area contributed by atoms with Gasteiger partial charge >= 0.3 is 0 Å². The number of hydrogen-bond donors (Lipinski definition) is 1. The molecule has 1 aliphatic rings. The van der Waals surface area contributed by atoms with Crippen LogP contribution in [0, 0.1) is 0 Å². The van der Waals surface area contributed by atoms with Crippen LogP contribution in [-0.4, -0.2) is 56.0 Å². The van der Waals surface area contributed by atoms with Crippen LogP contribution in [0.1, 0.15) is 32.8 Å². The van der Waals surface area contributed by atoms with Crippen LogP contribution in [0.3, 0.4) is 0 Å². The lowest BCUT2D eigenvalue weighted by Gasteiger charge is -2.36. The Bertz CT molecular complexity index is 1040. The number of likely N-dealkylation sites (N-methyl/N-ethyl adjacent to an activating group) is 1. The highest BCUT2D eigenvalue weighted by Crippen LogP contribution is 2.37. The topological polar surface area (TPSA) is 70.6 Å². The number of rotatable bonds is 6. The summed E-state index contributed by atoms with van der Waals surface area (Å²) in [5, 5.41) is 0.110. The molecule has 2 aromatic heterocycles. The minimum absolute atomic E-state index is 0.110. The number of hydrogen-bond acceptors (Lipinski definition) is 5. The Morgan fingerprint density at radius 3 is 2.45 bits per heavy atom. The molecule has 1 fully saturated rings. The standard InChI is InChI=1S/C23H36N4O3Si/c1-23(2,3)31(6,7)30-16-17-10-13-27(21(28)14-17)19-8-9-20(24-22(19)29)26-12-11-18(15-26)25(4)5/h8-10,13-14,18H,11-12,15-16H2,1-7H3,(H,24,29). The third-order valence-corrected chi connectivity index (χ3v) is 11.2. The van der Waals surface area contributed by atoms with Crippen LogP contribution in [0.15, 0.2) is 40.1 Å². The minimum Gasteiger partial charge on any atom is -0.413 e. The lowest BCUT2D eigenvalue weighted by atomic mass is 10.2. The molecule has 1 unspecified atom stereocenters. The van der Waals surface area contributed by atoms with Crippen LogP contribution in [0.5, 0.6) is 0 Å². The first-order valence-corrected chi connectivity index (χ1v) is 13.8. The normalized spacial score (nSPS) is 17.5. The van der Waals surface area contributed by atoms with Gasteiger partial charge in [0.15, 0.2) is 8.32 Å². The monoisotopic (exact) mass is 444 g/mol. The first-order valence-electron chi connectivity index (χ1n) is 10.9. The van der Waals surface area contributed by atoms with Crippen molar-refractivity contribution in [3.63, 3.8) is 0 Å². The van der Waals surface area contributed by atoms with Gasteiger partial charge in [0.1, 0.15) is 11.5 Å². The molecule has 3 rings (SSSR count). The summed E-state index contributed by atoms with van der Waals surface area (Å²) >= 11 is 0. The van der Waals surface area contributed by atoms with Gasteiger partial charge in [0.05, 0.1) is 6.61 Å². The molecule has 3 heterocycles. The summed E-state index contributed by atoms with van der Waals surface area (Å²) in [4.78, 5) is 32.8. The molecule has 170 valence electrons. The summed E-state index contributed by atoms with van der Waals surface area (Å²) in [6.45, 7) is 13.1.